The Kier molecular flexibility index (Phi) is 1.42. The number of hydrazone groups is 1. The number of hydrogen-bond acceptors (Lipinski definition) is 3. The van der Waals surface area contributed by atoms with Crippen LogP contribution in [0.5, 0.6) is 0 Å². The number of nitrogens with one attached hydrogen (secondary N) is 1. The van der Waals surface area contributed by atoms with E-state index in [4.69, 9.17) is 0 Å². The van der Waals surface area contributed by atoms with E-state index < -0.39 is 0 Å². The van der Waals surface area contributed by atoms with Gasteiger partial charge in [-0.25, -0.2) is 0 Å². The Morgan fingerprint density at radius 1 is 1.78 bits per heavy atom. The molecular formula is C6H11N3. The minimum absolute atomic E-state index is 0.441. The van der Waals surface area contributed by atoms with Gasteiger partial charge in [-0.3, -0.25) is 5.43 Å². The molecule has 0 fully saturated rings. The van der Waals surface area contributed by atoms with Gasteiger partial charge in [-0.05, 0) is 13.8 Å². The largest absolute Gasteiger partial charge is 0.314 e. The minimum Gasteiger partial charge on any atom is -0.314 e. The molecule has 0 saturated heterocycles. The van der Waals surface area contributed by atoms with Crippen LogP contribution >= 0.6 is 0 Å². The third-order valence-electron chi connectivity index (χ3n) is 1.24. The van der Waals surface area contributed by atoms with Gasteiger partial charge in [-0.2, -0.15) is 5.10 Å². The number of rotatable bonds is 1. The third kappa shape index (κ3) is 1.04. The van der Waals surface area contributed by atoms with Crippen molar-refractivity contribution in [3.63, 3.8) is 0 Å². The molecule has 0 aliphatic carbocycles. The molecule has 3 nitrogen and oxygen atoms in total. The molecule has 50 valence electrons. The highest BCUT2D eigenvalue weighted by Gasteiger charge is 2.11. The first-order valence-corrected chi connectivity index (χ1v) is 2.98. The molecule has 1 heterocycles. The predicted molar refractivity (Wildman–Crippen MR) is 37.7 cm³/mol. The van der Waals surface area contributed by atoms with Gasteiger partial charge in [0, 0.05) is 6.04 Å². The van der Waals surface area contributed by atoms with Crippen LogP contribution in [0.4, 0.5) is 0 Å². The fourth-order valence-corrected chi connectivity index (χ4v) is 0.738. The van der Waals surface area contributed by atoms with Crippen LogP contribution in [-0.4, -0.2) is 17.3 Å². The van der Waals surface area contributed by atoms with E-state index in [1.165, 1.54) is 0 Å². The molecular weight excluding hydrogens is 114 g/mol. The Morgan fingerprint density at radius 3 is 2.67 bits per heavy atom. The van der Waals surface area contributed by atoms with Gasteiger partial charge >= 0.3 is 0 Å². The lowest BCUT2D eigenvalue weighted by atomic mass is 10.3. The van der Waals surface area contributed by atoms with Gasteiger partial charge in [-0.15, -0.1) is 0 Å². The molecule has 1 rings (SSSR count). The molecule has 0 radical (unpaired) electrons. The zero-order valence-corrected chi connectivity index (χ0v) is 5.76. The normalized spacial score (nSPS) is 17.2. The molecule has 0 spiro atoms. The summed E-state index contributed by atoms with van der Waals surface area (Å²) < 4.78 is 0. The average molecular weight is 125 g/mol. The van der Waals surface area contributed by atoms with Crippen molar-refractivity contribution in [3.8, 4) is 0 Å². The van der Waals surface area contributed by atoms with Crippen molar-refractivity contribution >= 4 is 6.34 Å². The maximum absolute atomic E-state index is 3.82. The van der Waals surface area contributed by atoms with E-state index in [2.05, 4.69) is 31.0 Å². The summed E-state index contributed by atoms with van der Waals surface area (Å²) in [6.45, 7) is 7.92. The minimum atomic E-state index is 0.441. The van der Waals surface area contributed by atoms with Crippen LogP contribution in [0.15, 0.2) is 17.5 Å². The lowest BCUT2D eigenvalue weighted by molar-refractivity contribution is 0.435. The van der Waals surface area contributed by atoms with Gasteiger partial charge < -0.3 is 4.90 Å². The Hall–Kier alpha value is -0.990. The van der Waals surface area contributed by atoms with Crippen LogP contribution in [-0.2, 0) is 0 Å². The van der Waals surface area contributed by atoms with Crippen molar-refractivity contribution < 1.29 is 0 Å². The number of hydrogen-bond donors (Lipinski definition) is 1. The van der Waals surface area contributed by atoms with Gasteiger partial charge in [-0.1, -0.05) is 6.58 Å². The topological polar surface area (TPSA) is 27.6 Å². The van der Waals surface area contributed by atoms with E-state index in [1.807, 2.05) is 4.90 Å². The first-order chi connectivity index (χ1) is 4.22. The zero-order valence-electron chi connectivity index (χ0n) is 5.76. The second kappa shape index (κ2) is 2.09. The SMILES string of the molecule is C=C1NN=CN1C(C)C. The van der Waals surface area contributed by atoms with E-state index in [0.717, 1.165) is 5.82 Å². The highest BCUT2D eigenvalue weighted by atomic mass is 15.5. The molecule has 0 atom stereocenters. The van der Waals surface area contributed by atoms with Gasteiger partial charge in [0.1, 0.15) is 12.2 Å². The molecule has 0 amide bonds. The maximum atomic E-state index is 3.82. The van der Waals surface area contributed by atoms with E-state index in [1.54, 1.807) is 6.34 Å². The van der Waals surface area contributed by atoms with Crippen LogP contribution in [0.1, 0.15) is 13.8 Å². The van der Waals surface area contributed by atoms with Crippen LogP contribution < -0.4 is 5.43 Å². The van der Waals surface area contributed by atoms with Crippen LogP contribution in [0.2, 0.25) is 0 Å². The van der Waals surface area contributed by atoms with Crippen LogP contribution in [0.25, 0.3) is 0 Å². The third-order valence-corrected chi connectivity index (χ3v) is 1.24. The van der Waals surface area contributed by atoms with Gasteiger partial charge in [0.15, 0.2) is 0 Å². The smallest absolute Gasteiger partial charge is 0.120 e. The standard InChI is InChI=1S/C6H11N3/c1-5(2)9-4-7-8-6(9)3/h4-5,8H,3H2,1-2H3. The molecule has 1 N–H and O–H groups in total. The maximum Gasteiger partial charge on any atom is 0.120 e. The first-order valence-electron chi connectivity index (χ1n) is 2.98. The summed E-state index contributed by atoms with van der Waals surface area (Å²) in [4.78, 5) is 1.97. The molecule has 1 aliphatic rings. The summed E-state index contributed by atoms with van der Waals surface area (Å²) >= 11 is 0. The Bertz CT molecular complexity index is 148. The summed E-state index contributed by atoms with van der Waals surface area (Å²) in [6.07, 6.45) is 1.74. The molecule has 0 aromatic carbocycles. The summed E-state index contributed by atoms with van der Waals surface area (Å²) in [5, 5.41) is 3.82. The van der Waals surface area contributed by atoms with Crippen molar-refractivity contribution in [1.29, 1.82) is 0 Å². The number of nitrogens with zero attached hydrogens (tertiary/aromatic N) is 2. The van der Waals surface area contributed by atoms with Crippen molar-refractivity contribution in [2.24, 2.45) is 5.10 Å². The Labute approximate surface area is 55.0 Å². The van der Waals surface area contributed by atoms with E-state index in [-0.39, 0.29) is 0 Å². The second-order valence-electron chi connectivity index (χ2n) is 2.30. The molecule has 1 aliphatic heterocycles. The molecule has 9 heavy (non-hydrogen) atoms. The molecule has 0 aromatic heterocycles. The van der Waals surface area contributed by atoms with Crippen LogP contribution in [0, 0.1) is 0 Å². The van der Waals surface area contributed by atoms with Gasteiger partial charge in [0.2, 0.25) is 0 Å². The molecule has 0 aromatic rings. The lowest BCUT2D eigenvalue weighted by Crippen LogP contribution is -2.27. The van der Waals surface area contributed by atoms with E-state index in [0.29, 0.717) is 6.04 Å². The highest BCUT2D eigenvalue weighted by Crippen LogP contribution is 2.05. The van der Waals surface area contributed by atoms with Crippen molar-refractivity contribution in [2.75, 3.05) is 0 Å². The fourth-order valence-electron chi connectivity index (χ4n) is 0.738. The summed E-state index contributed by atoms with van der Waals surface area (Å²) in [5.74, 6) is 0.852. The predicted octanol–water partition coefficient (Wildman–Crippen LogP) is 0.714. The average Bonchev–Trinajstić information content (AvgIpc) is 2.13. The molecule has 0 bridgehead atoms. The highest BCUT2D eigenvalue weighted by molar-refractivity contribution is 5.60. The van der Waals surface area contributed by atoms with E-state index in [9.17, 15) is 0 Å². The van der Waals surface area contributed by atoms with Gasteiger partial charge in [0.05, 0.1) is 0 Å². The Balaban J connectivity index is 2.59. The first kappa shape index (κ1) is 6.13. The van der Waals surface area contributed by atoms with Crippen molar-refractivity contribution in [1.82, 2.24) is 10.3 Å². The van der Waals surface area contributed by atoms with Crippen LogP contribution in [0.3, 0.4) is 0 Å². The fraction of sp³-hybridized carbons (Fsp3) is 0.500. The van der Waals surface area contributed by atoms with Crippen molar-refractivity contribution in [3.05, 3.63) is 12.4 Å². The molecule has 3 heteroatoms. The summed E-state index contributed by atoms with van der Waals surface area (Å²) in [5.41, 5.74) is 2.75. The molecule has 0 unspecified atom stereocenters. The summed E-state index contributed by atoms with van der Waals surface area (Å²) in [6, 6.07) is 0.441. The zero-order chi connectivity index (χ0) is 6.85. The lowest BCUT2D eigenvalue weighted by Gasteiger charge is -2.18. The molecule has 0 saturated carbocycles. The second-order valence-corrected chi connectivity index (χ2v) is 2.30. The monoisotopic (exact) mass is 125 g/mol. The quantitative estimate of drug-likeness (QED) is 0.559. The van der Waals surface area contributed by atoms with E-state index >= 15 is 0 Å². The Morgan fingerprint density at radius 2 is 2.44 bits per heavy atom. The summed E-state index contributed by atoms with van der Waals surface area (Å²) in [7, 11) is 0. The van der Waals surface area contributed by atoms with Gasteiger partial charge in [0.25, 0.3) is 0 Å². The van der Waals surface area contributed by atoms with Crippen molar-refractivity contribution in [2.45, 2.75) is 19.9 Å².